The molecular weight excluding hydrogens is 224 g/mol. The van der Waals surface area contributed by atoms with Crippen LogP contribution in [-0.2, 0) is 0 Å². The molecule has 18 heavy (non-hydrogen) atoms. The highest BCUT2D eigenvalue weighted by atomic mass is 15.3. The van der Waals surface area contributed by atoms with E-state index in [1.165, 1.54) is 52.0 Å². The number of hydrogen-bond donors (Lipinski definition) is 1. The number of hydrogen-bond acceptors (Lipinski definition) is 4. The molecule has 2 heterocycles. The highest BCUT2D eigenvalue weighted by molar-refractivity contribution is 4.99. The molecule has 0 aromatic rings. The van der Waals surface area contributed by atoms with E-state index in [4.69, 9.17) is 5.73 Å². The van der Waals surface area contributed by atoms with Gasteiger partial charge in [-0.3, -0.25) is 4.90 Å². The summed E-state index contributed by atoms with van der Waals surface area (Å²) >= 11 is 0. The molecule has 0 spiro atoms. The fourth-order valence-electron chi connectivity index (χ4n) is 3.54. The zero-order valence-electron chi connectivity index (χ0n) is 12.4. The number of rotatable bonds is 2. The highest BCUT2D eigenvalue weighted by Gasteiger charge is 2.40. The predicted molar refractivity (Wildman–Crippen MR) is 76.8 cm³/mol. The molecule has 2 aliphatic rings. The van der Waals surface area contributed by atoms with Gasteiger partial charge in [0, 0.05) is 37.8 Å². The van der Waals surface area contributed by atoms with Crippen molar-refractivity contribution in [1.29, 1.82) is 0 Å². The van der Waals surface area contributed by atoms with Crippen LogP contribution < -0.4 is 5.73 Å². The van der Waals surface area contributed by atoms with Gasteiger partial charge in [-0.2, -0.15) is 0 Å². The molecule has 2 rings (SSSR count). The highest BCUT2D eigenvalue weighted by Crippen LogP contribution is 2.31. The van der Waals surface area contributed by atoms with Crippen molar-refractivity contribution in [2.75, 3.05) is 53.4 Å². The predicted octanol–water partition coefficient (Wildman–Crippen LogP) is 0.436. The summed E-state index contributed by atoms with van der Waals surface area (Å²) in [5.41, 5.74) is 6.45. The third kappa shape index (κ3) is 2.87. The van der Waals surface area contributed by atoms with Gasteiger partial charge in [0.05, 0.1) is 0 Å². The van der Waals surface area contributed by atoms with Gasteiger partial charge in [-0.05, 0) is 53.4 Å². The number of likely N-dealkylation sites (tertiary alicyclic amines) is 1. The van der Waals surface area contributed by atoms with Crippen molar-refractivity contribution < 1.29 is 0 Å². The topological polar surface area (TPSA) is 35.7 Å². The minimum Gasteiger partial charge on any atom is -0.329 e. The van der Waals surface area contributed by atoms with Gasteiger partial charge in [0.2, 0.25) is 0 Å². The maximum Gasteiger partial charge on any atom is 0.0359 e. The Morgan fingerprint density at radius 3 is 2.56 bits per heavy atom. The van der Waals surface area contributed by atoms with Crippen LogP contribution in [-0.4, -0.2) is 79.6 Å². The Hall–Kier alpha value is -0.160. The molecule has 0 aromatic heterocycles. The summed E-state index contributed by atoms with van der Waals surface area (Å²) in [4.78, 5) is 7.61. The molecule has 0 bridgehead atoms. The molecule has 2 saturated heterocycles. The lowest BCUT2D eigenvalue weighted by molar-refractivity contribution is 0.0130. The van der Waals surface area contributed by atoms with Crippen LogP contribution in [0, 0.1) is 0 Å². The summed E-state index contributed by atoms with van der Waals surface area (Å²) in [7, 11) is 4.47. The Balaban J connectivity index is 2.06. The molecule has 106 valence electrons. The maximum absolute atomic E-state index is 6.19. The minimum absolute atomic E-state index is 0.261. The molecule has 2 fully saturated rings. The van der Waals surface area contributed by atoms with E-state index in [9.17, 15) is 0 Å². The Bertz CT molecular complexity index is 271. The quantitative estimate of drug-likeness (QED) is 0.775. The van der Waals surface area contributed by atoms with Gasteiger partial charge >= 0.3 is 0 Å². The van der Waals surface area contributed by atoms with E-state index in [1.54, 1.807) is 0 Å². The lowest BCUT2D eigenvalue weighted by Crippen LogP contribution is -2.61. The maximum atomic E-state index is 6.19. The van der Waals surface area contributed by atoms with E-state index >= 15 is 0 Å². The van der Waals surface area contributed by atoms with Crippen LogP contribution in [0.2, 0.25) is 0 Å². The lowest BCUT2D eigenvalue weighted by atomic mass is 9.82. The Labute approximate surface area is 112 Å². The van der Waals surface area contributed by atoms with E-state index in [0.717, 1.165) is 6.54 Å². The molecular formula is C14H30N4. The number of nitrogens with zero attached hydrogens (tertiary/aromatic N) is 3. The molecule has 0 aliphatic carbocycles. The summed E-state index contributed by atoms with van der Waals surface area (Å²) in [6.07, 6.45) is 3.74. The van der Waals surface area contributed by atoms with Crippen LogP contribution in [0.4, 0.5) is 0 Å². The molecule has 0 aromatic carbocycles. The van der Waals surface area contributed by atoms with E-state index in [1.807, 2.05) is 0 Å². The molecule has 2 unspecified atom stereocenters. The number of likely N-dealkylation sites (N-methyl/N-ethyl adjacent to an activating group) is 1. The van der Waals surface area contributed by atoms with Gasteiger partial charge < -0.3 is 15.5 Å². The van der Waals surface area contributed by atoms with Gasteiger partial charge in [0.1, 0.15) is 0 Å². The van der Waals surface area contributed by atoms with Crippen molar-refractivity contribution in [3.05, 3.63) is 0 Å². The summed E-state index contributed by atoms with van der Waals surface area (Å²) in [6.45, 7) is 9.16. The lowest BCUT2D eigenvalue weighted by Gasteiger charge is -2.50. The normalized spacial score (nSPS) is 37.7. The molecule has 4 nitrogen and oxygen atoms in total. The monoisotopic (exact) mass is 254 g/mol. The van der Waals surface area contributed by atoms with Crippen LogP contribution >= 0.6 is 0 Å². The van der Waals surface area contributed by atoms with Crippen molar-refractivity contribution in [3.63, 3.8) is 0 Å². The van der Waals surface area contributed by atoms with Gasteiger partial charge in [0.25, 0.3) is 0 Å². The Kier molecular flexibility index (Phi) is 4.64. The second kappa shape index (κ2) is 5.87. The first-order valence-corrected chi connectivity index (χ1v) is 7.41. The first kappa shape index (κ1) is 14.3. The van der Waals surface area contributed by atoms with Crippen LogP contribution in [0.25, 0.3) is 0 Å². The first-order chi connectivity index (χ1) is 8.57. The van der Waals surface area contributed by atoms with Crippen LogP contribution in [0.1, 0.15) is 26.2 Å². The fraction of sp³-hybridized carbons (Fsp3) is 1.00. The van der Waals surface area contributed by atoms with Crippen LogP contribution in [0.3, 0.4) is 0 Å². The molecule has 2 atom stereocenters. The average Bonchev–Trinajstić information content (AvgIpc) is 2.58. The SMILES string of the molecule is CC1CC(CN)(N2CCCN(C)CC2)CCN1C. The van der Waals surface area contributed by atoms with Crippen LogP contribution in [0.5, 0.6) is 0 Å². The van der Waals surface area contributed by atoms with Gasteiger partial charge in [-0.25, -0.2) is 0 Å². The zero-order chi connectivity index (χ0) is 13.2. The van der Waals surface area contributed by atoms with E-state index in [2.05, 4.69) is 35.7 Å². The summed E-state index contributed by atoms with van der Waals surface area (Å²) in [6, 6.07) is 0.656. The van der Waals surface area contributed by atoms with Crippen molar-refractivity contribution in [1.82, 2.24) is 14.7 Å². The van der Waals surface area contributed by atoms with E-state index in [0.29, 0.717) is 6.04 Å². The minimum atomic E-state index is 0.261. The third-order valence-electron chi connectivity index (χ3n) is 5.13. The summed E-state index contributed by atoms with van der Waals surface area (Å²) < 4.78 is 0. The largest absolute Gasteiger partial charge is 0.329 e. The molecule has 0 radical (unpaired) electrons. The standard InChI is InChI=1S/C14H30N4/c1-13-11-14(12-15,5-8-17(13)3)18-7-4-6-16(2)9-10-18/h13H,4-12,15H2,1-3H3. The molecule has 0 amide bonds. The second-order valence-electron chi connectivity index (χ2n) is 6.36. The Morgan fingerprint density at radius 2 is 1.89 bits per heavy atom. The van der Waals surface area contributed by atoms with Gasteiger partial charge in [-0.1, -0.05) is 0 Å². The van der Waals surface area contributed by atoms with E-state index < -0.39 is 0 Å². The molecule has 2 aliphatic heterocycles. The third-order valence-corrected chi connectivity index (χ3v) is 5.13. The van der Waals surface area contributed by atoms with E-state index in [-0.39, 0.29) is 5.54 Å². The van der Waals surface area contributed by atoms with Crippen molar-refractivity contribution >= 4 is 0 Å². The summed E-state index contributed by atoms with van der Waals surface area (Å²) in [5.74, 6) is 0. The Morgan fingerprint density at radius 1 is 1.11 bits per heavy atom. The average molecular weight is 254 g/mol. The van der Waals surface area contributed by atoms with Crippen molar-refractivity contribution in [2.45, 2.75) is 37.8 Å². The number of piperidine rings is 1. The smallest absolute Gasteiger partial charge is 0.0359 e. The molecule has 2 N–H and O–H groups in total. The van der Waals surface area contributed by atoms with Crippen molar-refractivity contribution in [3.8, 4) is 0 Å². The zero-order valence-corrected chi connectivity index (χ0v) is 12.4. The molecule has 0 saturated carbocycles. The first-order valence-electron chi connectivity index (χ1n) is 7.41. The molecule has 4 heteroatoms. The van der Waals surface area contributed by atoms with Gasteiger partial charge in [-0.15, -0.1) is 0 Å². The van der Waals surface area contributed by atoms with Crippen molar-refractivity contribution in [2.24, 2.45) is 5.73 Å². The fourth-order valence-corrected chi connectivity index (χ4v) is 3.54. The second-order valence-corrected chi connectivity index (χ2v) is 6.36. The summed E-state index contributed by atoms with van der Waals surface area (Å²) in [5, 5.41) is 0. The number of nitrogens with two attached hydrogens (primary N) is 1. The van der Waals surface area contributed by atoms with Gasteiger partial charge in [0.15, 0.2) is 0 Å². The van der Waals surface area contributed by atoms with Crippen LogP contribution in [0.15, 0.2) is 0 Å².